The first kappa shape index (κ1) is 22.4. The Kier molecular flexibility index (Phi) is 40.9. The van der Waals surface area contributed by atoms with Gasteiger partial charge in [-0.15, -0.1) is 11.8 Å². The average Bonchev–Trinajstić information content (AvgIpc) is 1.35. The topological polar surface area (TPSA) is 80.1 Å². The molecular weight excluding hydrogens is 187 g/mol. The third-order valence-electron chi connectivity index (χ3n) is 0.262. The monoisotopic (exact) mass is 196 g/mol. The zero-order valence-electron chi connectivity index (χ0n) is 5.43. The van der Waals surface area contributed by atoms with Gasteiger partial charge >= 0.3 is 51.4 Å². The minimum atomic E-state index is -0.211. The molecule has 0 aromatic rings. The van der Waals surface area contributed by atoms with Gasteiger partial charge in [0.15, 0.2) is 0 Å². The molecule has 0 aliphatic rings. The first-order valence-electron chi connectivity index (χ1n) is 1.61. The first-order chi connectivity index (χ1) is 2.77. The van der Waals surface area contributed by atoms with Crippen LogP contribution in [0.25, 0.3) is 0 Å². The van der Waals surface area contributed by atoms with Gasteiger partial charge in [0, 0.05) is 0 Å². The molecule has 0 fully saturated rings. The van der Waals surface area contributed by atoms with Gasteiger partial charge in [0.2, 0.25) is 0 Å². The van der Waals surface area contributed by atoms with Crippen LogP contribution in [-0.2, 0) is 12.6 Å². The van der Waals surface area contributed by atoms with E-state index in [2.05, 4.69) is 12.6 Å². The average molecular weight is 196 g/mol. The van der Waals surface area contributed by atoms with Crippen molar-refractivity contribution < 1.29 is 67.1 Å². The molecule has 0 bridgehead atoms. The fraction of sp³-hybridized carbons (Fsp3) is 0.667. The summed E-state index contributed by atoms with van der Waals surface area (Å²) in [5.74, 6) is 0.794. The van der Waals surface area contributed by atoms with E-state index in [1.165, 1.54) is 0 Å². The van der Waals surface area contributed by atoms with Crippen molar-refractivity contribution in [2.75, 3.05) is 5.75 Å². The third kappa shape index (κ3) is 25.9. The number of carbonyl (C=O) groups is 1. The normalized spacial score (nSPS) is 5.44. The predicted octanol–water partition coefficient (Wildman–Crippen LogP) is -3.24. The van der Waals surface area contributed by atoms with Crippen LogP contribution in [0.2, 0.25) is 0 Å². The summed E-state index contributed by atoms with van der Waals surface area (Å²) in [6, 6.07) is 0. The van der Waals surface area contributed by atoms with Gasteiger partial charge in [-0.1, -0.05) is 6.92 Å². The van der Waals surface area contributed by atoms with Crippen molar-refractivity contribution in [1.29, 1.82) is 0 Å². The Balaban J connectivity index is -0.0000000417. The van der Waals surface area contributed by atoms with Crippen LogP contribution in [-0.4, -0.2) is 21.2 Å². The molecule has 3 nitrogen and oxygen atoms in total. The largest absolute Gasteiger partial charge is 1.00 e. The zero-order chi connectivity index (χ0) is 4.99. The molecular formula is C3H9KO3S2. The van der Waals surface area contributed by atoms with E-state index in [0.717, 1.165) is 17.5 Å². The van der Waals surface area contributed by atoms with Crippen molar-refractivity contribution in [3.63, 3.8) is 0 Å². The van der Waals surface area contributed by atoms with Crippen molar-refractivity contribution in [2.24, 2.45) is 0 Å². The van der Waals surface area contributed by atoms with Gasteiger partial charge in [0.05, 0.1) is 4.45 Å². The summed E-state index contributed by atoms with van der Waals surface area (Å²) < 4.78 is -0.211. The van der Waals surface area contributed by atoms with E-state index in [4.69, 9.17) is 0 Å². The Labute approximate surface area is 107 Å². The Morgan fingerprint density at radius 2 is 1.89 bits per heavy atom. The van der Waals surface area contributed by atoms with Gasteiger partial charge in [0.25, 0.3) is 0 Å². The SMILES string of the molecule is CCSC(=O)[S-].O.O.[K+]. The number of carbonyl (C=O) groups excluding carboxylic acids is 1. The van der Waals surface area contributed by atoms with Gasteiger partial charge in [-0.25, -0.2) is 0 Å². The molecule has 0 amide bonds. The summed E-state index contributed by atoms with van der Waals surface area (Å²) in [6.07, 6.45) is 0. The van der Waals surface area contributed by atoms with Crippen LogP contribution in [0.4, 0.5) is 4.79 Å². The minimum Gasteiger partial charge on any atom is -0.730 e. The Morgan fingerprint density at radius 1 is 1.56 bits per heavy atom. The molecule has 0 saturated heterocycles. The predicted molar refractivity (Wildman–Crippen MR) is 38.1 cm³/mol. The van der Waals surface area contributed by atoms with E-state index < -0.39 is 0 Å². The van der Waals surface area contributed by atoms with Gasteiger partial charge in [0.1, 0.15) is 0 Å². The second-order valence-electron chi connectivity index (χ2n) is 0.683. The number of hydrogen-bond donors (Lipinski definition) is 0. The standard InChI is InChI=1S/C3H6OS2.K.2H2O/c1-2-6-3(4)5;;;/h2H2,1H3,(H,4,5);;2*1H2/q;+1;;/p-1. The van der Waals surface area contributed by atoms with E-state index in [-0.39, 0.29) is 66.8 Å². The molecule has 0 atom stereocenters. The van der Waals surface area contributed by atoms with Crippen molar-refractivity contribution in [3.05, 3.63) is 0 Å². The fourth-order valence-corrected chi connectivity index (χ4v) is 0.707. The van der Waals surface area contributed by atoms with Crippen molar-refractivity contribution in [2.45, 2.75) is 6.92 Å². The van der Waals surface area contributed by atoms with Gasteiger partial charge in [-0.05, 0) is 5.75 Å². The zero-order valence-corrected chi connectivity index (χ0v) is 10.2. The van der Waals surface area contributed by atoms with Crippen LogP contribution in [0.1, 0.15) is 6.92 Å². The third-order valence-corrected chi connectivity index (χ3v) is 1.14. The Bertz CT molecular complexity index is 61.0. The molecule has 0 rings (SSSR count). The summed E-state index contributed by atoms with van der Waals surface area (Å²) in [6.45, 7) is 1.90. The van der Waals surface area contributed by atoms with Crippen LogP contribution < -0.4 is 51.4 Å². The number of hydrogen-bond acceptors (Lipinski definition) is 3. The second kappa shape index (κ2) is 16.4. The molecule has 52 valence electrons. The molecule has 0 aliphatic carbocycles. The maximum atomic E-state index is 9.82. The summed E-state index contributed by atoms with van der Waals surface area (Å²) in [4.78, 5) is 9.82. The summed E-state index contributed by atoms with van der Waals surface area (Å²) in [5.41, 5.74) is 0. The molecule has 0 radical (unpaired) electrons. The van der Waals surface area contributed by atoms with E-state index >= 15 is 0 Å². The van der Waals surface area contributed by atoms with Crippen molar-refractivity contribution in [3.8, 4) is 0 Å². The fourth-order valence-electron chi connectivity index (χ4n) is 0.118. The Morgan fingerprint density at radius 3 is 1.89 bits per heavy atom. The van der Waals surface area contributed by atoms with Crippen LogP contribution in [0.5, 0.6) is 0 Å². The molecule has 0 heterocycles. The maximum Gasteiger partial charge on any atom is 1.00 e. The van der Waals surface area contributed by atoms with E-state index in [9.17, 15) is 4.79 Å². The van der Waals surface area contributed by atoms with E-state index in [0.29, 0.717) is 0 Å². The minimum absolute atomic E-state index is 0. The Hall–Kier alpha value is 1.80. The van der Waals surface area contributed by atoms with Crippen molar-refractivity contribution >= 4 is 28.8 Å². The molecule has 0 saturated carbocycles. The van der Waals surface area contributed by atoms with Gasteiger partial charge in [-0.2, -0.15) is 0 Å². The second-order valence-corrected chi connectivity index (χ2v) is 2.55. The molecule has 6 heteroatoms. The molecule has 9 heavy (non-hydrogen) atoms. The van der Waals surface area contributed by atoms with Crippen LogP contribution in [0, 0.1) is 0 Å². The number of rotatable bonds is 1. The van der Waals surface area contributed by atoms with E-state index in [1.54, 1.807) is 0 Å². The first-order valence-corrected chi connectivity index (χ1v) is 3.00. The van der Waals surface area contributed by atoms with Crippen LogP contribution in [0.15, 0.2) is 0 Å². The van der Waals surface area contributed by atoms with Gasteiger partial charge < -0.3 is 28.4 Å². The van der Waals surface area contributed by atoms with E-state index in [1.807, 2.05) is 6.92 Å². The molecule has 0 spiro atoms. The smallest absolute Gasteiger partial charge is 0.730 e. The molecule has 4 N–H and O–H groups in total. The van der Waals surface area contributed by atoms with Crippen LogP contribution in [0.3, 0.4) is 0 Å². The quantitative estimate of drug-likeness (QED) is 0.326. The van der Waals surface area contributed by atoms with Gasteiger partial charge in [-0.3, -0.25) is 0 Å². The molecule has 0 aromatic carbocycles. The van der Waals surface area contributed by atoms with Crippen LogP contribution >= 0.6 is 11.8 Å². The van der Waals surface area contributed by atoms with Crippen molar-refractivity contribution in [1.82, 2.24) is 0 Å². The summed E-state index contributed by atoms with van der Waals surface area (Å²) in [5, 5.41) is 0. The molecule has 0 aromatic heterocycles. The number of thioether (sulfide) groups is 1. The summed E-state index contributed by atoms with van der Waals surface area (Å²) in [7, 11) is 0. The summed E-state index contributed by atoms with van der Waals surface area (Å²) >= 11 is 5.36. The molecule has 0 unspecified atom stereocenters. The molecule has 0 aliphatic heterocycles. The maximum absolute atomic E-state index is 9.82.